The van der Waals surface area contributed by atoms with Crippen molar-refractivity contribution >= 4 is 5.91 Å². The number of aliphatic hydroxyl groups excluding tert-OH is 1. The number of nitrogens with one attached hydrogen (secondary N) is 2. The van der Waals surface area contributed by atoms with Crippen LogP contribution in [0.1, 0.15) is 39.8 Å². The molecule has 0 bridgehead atoms. The van der Waals surface area contributed by atoms with Gasteiger partial charge in [0.25, 0.3) is 5.91 Å². The molecule has 0 radical (unpaired) electrons. The number of amides is 1. The van der Waals surface area contributed by atoms with Gasteiger partial charge in [0.05, 0.1) is 12.6 Å². The van der Waals surface area contributed by atoms with Gasteiger partial charge in [-0.05, 0) is 37.0 Å². The Bertz CT molecular complexity index is 737. The summed E-state index contributed by atoms with van der Waals surface area (Å²) in [7, 11) is 0. The second-order valence-electron chi connectivity index (χ2n) is 5.39. The van der Waals surface area contributed by atoms with Gasteiger partial charge in [-0.3, -0.25) is 9.89 Å². The smallest absolute Gasteiger partial charge is 0.272 e. The summed E-state index contributed by atoms with van der Waals surface area (Å²) in [5.74, 6) is -4.92. The number of aliphatic hydroxyl groups is 1. The standard InChI is InChI=1S/C15H14F3N3O2/c16-9-4-7(5-10(17)13(9)18)12(6-22)19-15(23)14-8-2-1-3-11(8)20-21-14/h4-5,12,22H,1-3,6H2,(H,19,23)(H,20,21). The Morgan fingerprint density at radius 3 is 2.65 bits per heavy atom. The number of carbonyl (C=O) groups is 1. The summed E-state index contributed by atoms with van der Waals surface area (Å²) in [6, 6.07) is 0.421. The molecule has 5 nitrogen and oxygen atoms in total. The molecule has 23 heavy (non-hydrogen) atoms. The second kappa shape index (κ2) is 6.04. The highest BCUT2D eigenvalue weighted by molar-refractivity contribution is 5.94. The fourth-order valence-electron chi connectivity index (χ4n) is 2.74. The second-order valence-corrected chi connectivity index (χ2v) is 5.39. The Kier molecular flexibility index (Phi) is 4.08. The fourth-order valence-corrected chi connectivity index (χ4v) is 2.74. The number of benzene rings is 1. The van der Waals surface area contributed by atoms with Gasteiger partial charge in [-0.1, -0.05) is 0 Å². The van der Waals surface area contributed by atoms with Crippen molar-refractivity contribution in [3.05, 3.63) is 52.1 Å². The molecule has 1 aromatic carbocycles. The predicted molar refractivity (Wildman–Crippen MR) is 74.2 cm³/mol. The highest BCUT2D eigenvalue weighted by Crippen LogP contribution is 2.24. The zero-order valence-electron chi connectivity index (χ0n) is 12.0. The zero-order chi connectivity index (χ0) is 16.6. The van der Waals surface area contributed by atoms with Crippen LogP contribution >= 0.6 is 0 Å². The van der Waals surface area contributed by atoms with Crippen LogP contribution in [0.3, 0.4) is 0 Å². The van der Waals surface area contributed by atoms with Crippen molar-refractivity contribution in [1.82, 2.24) is 15.5 Å². The van der Waals surface area contributed by atoms with Gasteiger partial charge >= 0.3 is 0 Å². The van der Waals surface area contributed by atoms with Gasteiger partial charge in [-0.25, -0.2) is 13.2 Å². The molecule has 1 amide bonds. The number of carbonyl (C=O) groups excluding carboxylic acids is 1. The number of aryl methyl sites for hydroxylation is 1. The minimum absolute atomic E-state index is 0.0653. The molecular formula is C15H14F3N3O2. The van der Waals surface area contributed by atoms with E-state index >= 15 is 0 Å². The van der Waals surface area contributed by atoms with Crippen LogP contribution in [0.15, 0.2) is 12.1 Å². The lowest BCUT2D eigenvalue weighted by molar-refractivity contribution is 0.0910. The topological polar surface area (TPSA) is 78.0 Å². The number of nitrogens with zero attached hydrogens (tertiary/aromatic N) is 1. The van der Waals surface area contributed by atoms with Gasteiger partial charge in [0.15, 0.2) is 23.1 Å². The van der Waals surface area contributed by atoms with Crippen molar-refractivity contribution in [2.75, 3.05) is 6.61 Å². The first kappa shape index (κ1) is 15.5. The molecule has 1 aliphatic rings. The first-order valence-electron chi connectivity index (χ1n) is 7.13. The molecule has 0 spiro atoms. The van der Waals surface area contributed by atoms with Gasteiger partial charge < -0.3 is 10.4 Å². The van der Waals surface area contributed by atoms with E-state index in [4.69, 9.17) is 0 Å². The lowest BCUT2D eigenvalue weighted by Gasteiger charge is -2.17. The van der Waals surface area contributed by atoms with Crippen LogP contribution in [-0.2, 0) is 12.8 Å². The van der Waals surface area contributed by atoms with Crippen LogP contribution in [0.5, 0.6) is 0 Å². The van der Waals surface area contributed by atoms with Crippen LogP contribution in [0, 0.1) is 17.5 Å². The summed E-state index contributed by atoms with van der Waals surface area (Å²) >= 11 is 0. The van der Waals surface area contributed by atoms with Crippen LogP contribution in [0.4, 0.5) is 13.2 Å². The van der Waals surface area contributed by atoms with Crippen LogP contribution in [-0.4, -0.2) is 27.8 Å². The monoisotopic (exact) mass is 325 g/mol. The molecule has 2 aromatic rings. The molecule has 1 aromatic heterocycles. The number of rotatable bonds is 4. The molecule has 3 N–H and O–H groups in total. The normalized spacial score (nSPS) is 14.6. The van der Waals surface area contributed by atoms with Gasteiger partial charge in [0.2, 0.25) is 0 Å². The van der Waals surface area contributed by atoms with E-state index in [1.54, 1.807) is 0 Å². The summed E-state index contributed by atoms with van der Waals surface area (Å²) < 4.78 is 39.6. The Hall–Kier alpha value is -2.35. The minimum atomic E-state index is -1.60. The number of halogens is 3. The molecule has 3 rings (SSSR count). The number of hydrogen-bond donors (Lipinski definition) is 3. The van der Waals surface area contributed by atoms with Gasteiger partial charge in [0, 0.05) is 11.3 Å². The number of aromatic nitrogens is 2. The summed E-state index contributed by atoms with van der Waals surface area (Å²) in [5.41, 5.74) is 1.86. The lowest BCUT2D eigenvalue weighted by Crippen LogP contribution is -2.32. The minimum Gasteiger partial charge on any atom is -0.394 e. The Balaban J connectivity index is 1.83. The SMILES string of the molecule is O=C(NC(CO)c1cc(F)c(F)c(F)c1)c1n[nH]c2c1CCC2. The molecular weight excluding hydrogens is 311 g/mol. The van der Waals surface area contributed by atoms with Crippen molar-refractivity contribution < 1.29 is 23.1 Å². The number of H-pyrrole nitrogens is 1. The van der Waals surface area contributed by atoms with E-state index in [9.17, 15) is 23.1 Å². The molecule has 0 saturated heterocycles. The molecule has 1 unspecified atom stereocenters. The van der Waals surface area contributed by atoms with Crippen molar-refractivity contribution in [2.24, 2.45) is 0 Å². The third-order valence-electron chi connectivity index (χ3n) is 3.92. The molecule has 1 atom stereocenters. The van der Waals surface area contributed by atoms with E-state index in [-0.39, 0.29) is 11.3 Å². The van der Waals surface area contributed by atoms with E-state index in [0.717, 1.165) is 42.7 Å². The van der Waals surface area contributed by atoms with Crippen LogP contribution in [0.25, 0.3) is 0 Å². The summed E-state index contributed by atoms with van der Waals surface area (Å²) in [4.78, 5) is 12.3. The molecule has 1 aliphatic carbocycles. The maximum Gasteiger partial charge on any atom is 0.272 e. The Labute approximate surface area is 129 Å². The summed E-state index contributed by atoms with van der Waals surface area (Å²) in [6.07, 6.45) is 2.45. The van der Waals surface area contributed by atoms with E-state index < -0.39 is 36.0 Å². The molecule has 122 valence electrons. The molecule has 1 heterocycles. The number of fused-ring (bicyclic) bond motifs is 1. The third kappa shape index (κ3) is 2.81. The predicted octanol–water partition coefficient (Wildman–Crippen LogP) is 1.78. The average Bonchev–Trinajstić information content (AvgIpc) is 3.12. The molecule has 8 heteroatoms. The van der Waals surface area contributed by atoms with Crippen molar-refractivity contribution in [3.8, 4) is 0 Å². The fraction of sp³-hybridized carbons (Fsp3) is 0.333. The highest BCUT2D eigenvalue weighted by atomic mass is 19.2. The van der Waals surface area contributed by atoms with E-state index in [2.05, 4.69) is 15.5 Å². The summed E-state index contributed by atoms with van der Waals surface area (Å²) in [5, 5.41) is 18.6. The van der Waals surface area contributed by atoms with E-state index in [0.29, 0.717) is 0 Å². The summed E-state index contributed by atoms with van der Waals surface area (Å²) in [6.45, 7) is -0.594. The Morgan fingerprint density at radius 2 is 2.00 bits per heavy atom. The van der Waals surface area contributed by atoms with Crippen LogP contribution < -0.4 is 5.32 Å². The first-order chi connectivity index (χ1) is 11.0. The van der Waals surface area contributed by atoms with Crippen molar-refractivity contribution in [1.29, 1.82) is 0 Å². The lowest BCUT2D eigenvalue weighted by atomic mass is 10.1. The third-order valence-corrected chi connectivity index (χ3v) is 3.92. The first-order valence-corrected chi connectivity index (χ1v) is 7.13. The quantitative estimate of drug-likeness (QED) is 0.750. The van der Waals surface area contributed by atoms with E-state index in [1.807, 2.05) is 0 Å². The maximum absolute atomic E-state index is 13.3. The largest absolute Gasteiger partial charge is 0.394 e. The highest BCUT2D eigenvalue weighted by Gasteiger charge is 2.25. The average molecular weight is 325 g/mol. The Morgan fingerprint density at radius 1 is 1.30 bits per heavy atom. The molecule has 0 aliphatic heterocycles. The van der Waals surface area contributed by atoms with Gasteiger partial charge in [-0.2, -0.15) is 5.10 Å². The van der Waals surface area contributed by atoms with Crippen molar-refractivity contribution in [3.63, 3.8) is 0 Å². The van der Waals surface area contributed by atoms with E-state index in [1.165, 1.54) is 0 Å². The molecule has 0 saturated carbocycles. The van der Waals surface area contributed by atoms with Crippen molar-refractivity contribution in [2.45, 2.75) is 25.3 Å². The molecule has 0 fully saturated rings. The zero-order valence-corrected chi connectivity index (χ0v) is 12.0. The number of aromatic amines is 1. The maximum atomic E-state index is 13.3. The van der Waals surface area contributed by atoms with Crippen LogP contribution in [0.2, 0.25) is 0 Å². The van der Waals surface area contributed by atoms with Gasteiger partial charge in [0.1, 0.15) is 0 Å². The van der Waals surface area contributed by atoms with Gasteiger partial charge in [-0.15, -0.1) is 0 Å². The number of hydrogen-bond acceptors (Lipinski definition) is 3.